The van der Waals surface area contributed by atoms with Gasteiger partial charge in [0.15, 0.2) is 5.78 Å². The Kier molecular flexibility index (Phi) is 3.76. The number of hydrogen-bond acceptors (Lipinski definition) is 3. The Labute approximate surface area is 111 Å². The number of ether oxygens (including phenoxy) is 1. The largest absolute Gasteiger partial charge is 0.435 e. The summed E-state index contributed by atoms with van der Waals surface area (Å²) >= 11 is 0. The highest BCUT2D eigenvalue weighted by molar-refractivity contribution is 6.09. The van der Waals surface area contributed by atoms with Crippen molar-refractivity contribution in [3.05, 3.63) is 60.9 Å². The first-order chi connectivity index (χ1) is 9.13. The highest BCUT2D eigenvalue weighted by Gasteiger charge is 2.23. The molecule has 1 atom stereocenters. The molecule has 0 saturated heterocycles. The molecular weight excluding hydrogens is 240 g/mol. The van der Waals surface area contributed by atoms with Crippen molar-refractivity contribution in [3.63, 3.8) is 0 Å². The van der Waals surface area contributed by atoms with Crippen LogP contribution in [0.4, 0.5) is 0 Å². The second-order valence-corrected chi connectivity index (χ2v) is 4.25. The van der Waals surface area contributed by atoms with Crippen LogP contribution in [0, 0.1) is 5.92 Å². The molecule has 3 heteroatoms. The van der Waals surface area contributed by atoms with Crippen LogP contribution in [0.15, 0.2) is 55.3 Å². The second-order valence-electron chi connectivity index (χ2n) is 4.25. The number of ketones is 1. The zero-order chi connectivity index (χ0) is 13.8. The quantitative estimate of drug-likeness (QED) is 0.364. The van der Waals surface area contributed by atoms with Crippen molar-refractivity contribution in [2.45, 2.75) is 6.92 Å². The van der Waals surface area contributed by atoms with Gasteiger partial charge >= 0.3 is 5.97 Å². The zero-order valence-electron chi connectivity index (χ0n) is 10.6. The smallest absolute Gasteiger partial charge is 0.321 e. The van der Waals surface area contributed by atoms with Crippen LogP contribution >= 0.6 is 0 Å². The molecule has 0 saturated carbocycles. The van der Waals surface area contributed by atoms with Gasteiger partial charge in [0.2, 0.25) is 0 Å². The van der Waals surface area contributed by atoms with E-state index in [1.165, 1.54) is 6.92 Å². The molecule has 0 aliphatic rings. The van der Waals surface area contributed by atoms with E-state index in [0.717, 1.165) is 17.0 Å². The van der Waals surface area contributed by atoms with Gasteiger partial charge < -0.3 is 4.74 Å². The van der Waals surface area contributed by atoms with Gasteiger partial charge in [-0.05, 0) is 23.8 Å². The molecule has 3 nitrogen and oxygen atoms in total. The summed E-state index contributed by atoms with van der Waals surface area (Å²) in [5.74, 6) is -1.68. The van der Waals surface area contributed by atoms with Crippen LogP contribution in [0.3, 0.4) is 0 Å². The second kappa shape index (κ2) is 5.48. The molecule has 0 aromatic heterocycles. The molecule has 96 valence electrons. The van der Waals surface area contributed by atoms with Gasteiger partial charge in [-0.2, -0.15) is 0 Å². The van der Waals surface area contributed by atoms with Gasteiger partial charge in [-0.3, -0.25) is 9.59 Å². The lowest BCUT2D eigenvalue weighted by Crippen LogP contribution is -2.22. The van der Waals surface area contributed by atoms with Crippen LogP contribution in [0.1, 0.15) is 17.3 Å². The van der Waals surface area contributed by atoms with Crippen LogP contribution in [-0.2, 0) is 9.53 Å². The fourth-order valence-corrected chi connectivity index (χ4v) is 1.88. The minimum atomic E-state index is -0.834. The number of carbonyl (C=O) groups excluding carboxylic acids is 2. The van der Waals surface area contributed by atoms with Crippen molar-refractivity contribution >= 4 is 22.5 Å². The normalized spacial score (nSPS) is 11.8. The van der Waals surface area contributed by atoms with E-state index in [9.17, 15) is 9.59 Å². The van der Waals surface area contributed by atoms with Crippen LogP contribution in [-0.4, -0.2) is 11.8 Å². The maximum absolute atomic E-state index is 12.2. The third-order valence-corrected chi connectivity index (χ3v) is 2.98. The lowest BCUT2D eigenvalue weighted by Gasteiger charge is -2.09. The number of benzene rings is 2. The van der Waals surface area contributed by atoms with Gasteiger partial charge in [0.25, 0.3) is 0 Å². The number of rotatable bonds is 4. The Hall–Kier alpha value is -2.42. The maximum Gasteiger partial charge on any atom is 0.321 e. The molecule has 0 spiro atoms. The Bertz CT molecular complexity index is 643. The van der Waals surface area contributed by atoms with Crippen molar-refractivity contribution in [1.82, 2.24) is 0 Å². The van der Waals surface area contributed by atoms with Crippen molar-refractivity contribution < 1.29 is 14.3 Å². The maximum atomic E-state index is 12.2. The highest BCUT2D eigenvalue weighted by atomic mass is 16.5. The van der Waals surface area contributed by atoms with E-state index in [-0.39, 0.29) is 5.78 Å². The van der Waals surface area contributed by atoms with Crippen LogP contribution in [0.5, 0.6) is 0 Å². The first kappa shape index (κ1) is 13.0. The van der Waals surface area contributed by atoms with Crippen molar-refractivity contribution in [3.8, 4) is 0 Å². The van der Waals surface area contributed by atoms with E-state index in [1.807, 2.05) is 30.3 Å². The van der Waals surface area contributed by atoms with E-state index >= 15 is 0 Å². The molecule has 2 aromatic carbocycles. The summed E-state index contributed by atoms with van der Waals surface area (Å²) in [5.41, 5.74) is 0.507. The Morgan fingerprint density at radius 1 is 1.16 bits per heavy atom. The Morgan fingerprint density at radius 2 is 1.84 bits per heavy atom. The van der Waals surface area contributed by atoms with Crippen LogP contribution in [0.2, 0.25) is 0 Å². The predicted octanol–water partition coefficient (Wildman–Crippen LogP) is 3.35. The summed E-state index contributed by atoms with van der Waals surface area (Å²) in [5, 5.41) is 2.03. The molecule has 0 radical (unpaired) electrons. The third kappa shape index (κ3) is 2.71. The zero-order valence-corrected chi connectivity index (χ0v) is 10.6. The molecule has 0 amide bonds. The molecule has 0 aliphatic carbocycles. The summed E-state index contributed by atoms with van der Waals surface area (Å²) in [4.78, 5) is 23.7. The molecule has 1 unspecified atom stereocenters. The molecule has 0 fully saturated rings. The van der Waals surface area contributed by atoms with Crippen LogP contribution < -0.4 is 0 Å². The molecule has 19 heavy (non-hydrogen) atoms. The number of hydrogen-bond donors (Lipinski definition) is 0. The minimum Gasteiger partial charge on any atom is -0.435 e. The average molecular weight is 254 g/mol. The van der Waals surface area contributed by atoms with Crippen molar-refractivity contribution in [2.75, 3.05) is 0 Å². The number of fused-ring (bicyclic) bond motifs is 1. The number of carbonyl (C=O) groups is 2. The highest BCUT2D eigenvalue weighted by Crippen LogP contribution is 2.18. The van der Waals surface area contributed by atoms with E-state index in [2.05, 4.69) is 11.3 Å². The summed E-state index contributed by atoms with van der Waals surface area (Å²) in [6.07, 6.45) is 1.03. The predicted molar refractivity (Wildman–Crippen MR) is 73.7 cm³/mol. The summed E-state index contributed by atoms with van der Waals surface area (Å²) in [6, 6.07) is 13.1. The molecular formula is C16H14O3. The topological polar surface area (TPSA) is 43.4 Å². The van der Waals surface area contributed by atoms with Crippen molar-refractivity contribution in [2.24, 2.45) is 5.92 Å². The van der Waals surface area contributed by atoms with Gasteiger partial charge in [-0.1, -0.05) is 43.0 Å². The molecule has 0 heterocycles. The SMILES string of the molecule is C=COC(=O)C(C)C(=O)c1ccc2ccccc2c1. The Balaban J connectivity index is 2.31. The lowest BCUT2D eigenvalue weighted by molar-refractivity contribution is -0.140. The Morgan fingerprint density at radius 3 is 2.53 bits per heavy atom. The van der Waals surface area contributed by atoms with Gasteiger partial charge in [-0.15, -0.1) is 0 Å². The first-order valence-corrected chi connectivity index (χ1v) is 5.98. The molecule has 0 bridgehead atoms. The summed E-state index contributed by atoms with van der Waals surface area (Å²) < 4.78 is 4.64. The van der Waals surface area contributed by atoms with Gasteiger partial charge in [0, 0.05) is 5.56 Å². The van der Waals surface area contributed by atoms with Gasteiger partial charge in [0.05, 0.1) is 6.26 Å². The average Bonchev–Trinajstić information content (AvgIpc) is 2.45. The molecule has 0 N–H and O–H groups in total. The molecule has 2 rings (SSSR count). The number of esters is 1. The van der Waals surface area contributed by atoms with E-state index in [4.69, 9.17) is 0 Å². The molecule has 2 aromatic rings. The summed E-state index contributed by atoms with van der Waals surface area (Å²) in [6.45, 7) is 4.83. The van der Waals surface area contributed by atoms with E-state index in [0.29, 0.717) is 5.56 Å². The standard InChI is InChI=1S/C16H14O3/c1-3-19-16(18)11(2)15(17)14-9-8-12-6-4-5-7-13(12)10-14/h3-11H,1H2,2H3. The molecule has 0 aliphatic heterocycles. The van der Waals surface area contributed by atoms with Gasteiger partial charge in [-0.25, -0.2) is 0 Å². The minimum absolute atomic E-state index is 0.252. The lowest BCUT2D eigenvalue weighted by atomic mass is 9.97. The number of Topliss-reactive ketones (excluding diaryl/α,β-unsaturated/α-hetero) is 1. The monoisotopic (exact) mass is 254 g/mol. The third-order valence-electron chi connectivity index (χ3n) is 2.98. The van der Waals surface area contributed by atoms with Gasteiger partial charge in [0.1, 0.15) is 5.92 Å². The fraction of sp³-hybridized carbons (Fsp3) is 0.125. The van der Waals surface area contributed by atoms with E-state index < -0.39 is 11.9 Å². The first-order valence-electron chi connectivity index (χ1n) is 5.98. The van der Waals surface area contributed by atoms with E-state index in [1.54, 1.807) is 12.1 Å². The van der Waals surface area contributed by atoms with Crippen LogP contribution in [0.25, 0.3) is 10.8 Å². The fourth-order valence-electron chi connectivity index (χ4n) is 1.88. The van der Waals surface area contributed by atoms with Crippen molar-refractivity contribution in [1.29, 1.82) is 0 Å². The summed E-state index contributed by atoms with van der Waals surface area (Å²) in [7, 11) is 0.